The topological polar surface area (TPSA) is 66.4 Å². The lowest BCUT2D eigenvalue weighted by molar-refractivity contribution is -0.135. The van der Waals surface area contributed by atoms with Gasteiger partial charge < -0.3 is 5.11 Å². The zero-order valence-corrected chi connectivity index (χ0v) is 11.9. The lowest BCUT2D eigenvalue weighted by Crippen LogP contribution is -2.29. The molecule has 0 aliphatic carbocycles. The second kappa shape index (κ2) is 5.97. The molecule has 4 nitrogen and oxygen atoms in total. The second-order valence-electron chi connectivity index (χ2n) is 5.70. The van der Waals surface area contributed by atoms with E-state index in [0.29, 0.717) is 5.56 Å². The number of aryl methyl sites for hydroxylation is 1. The van der Waals surface area contributed by atoms with Gasteiger partial charge in [-0.3, -0.25) is 14.9 Å². The zero-order valence-electron chi connectivity index (χ0n) is 11.9. The van der Waals surface area contributed by atoms with Gasteiger partial charge in [-0.1, -0.05) is 32.9 Å². The van der Waals surface area contributed by atoms with Gasteiger partial charge in [-0.05, 0) is 29.5 Å². The maximum absolute atomic E-state index is 12.1. The molecule has 0 aromatic heterocycles. The monoisotopic (exact) mass is 263 g/mol. The second-order valence-corrected chi connectivity index (χ2v) is 5.70. The van der Waals surface area contributed by atoms with Crippen LogP contribution < -0.4 is 5.32 Å². The standard InChI is InChI=1S/C15H21NO3/c1-10-5-6-11(15(2,3)4)7-12(10)13(17)8-16-9-14(18)19/h5-7,16H,8-9H2,1-4H3,(H,18,19). The van der Waals surface area contributed by atoms with Crippen molar-refractivity contribution in [2.24, 2.45) is 0 Å². The Bertz CT molecular complexity index is 487. The van der Waals surface area contributed by atoms with Crippen LogP contribution in [0.2, 0.25) is 0 Å². The van der Waals surface area contributed by atoms with E-state index in [2.05, 4.69) is 26.1 Å². The van der Waals surface area contributed by atoms with Crippen molar-refractivity contribution in [3.63, 3.8) is 0 Å². The number of carboxylic acids is 1. The minimum Gasteiger partial charge on any atom is -0.480 e. The minimum atomic E-state index is -0.965. The van der Waals surface area contributed by atoms with E-state index in [9.17, 15) is 9.59 Å². The summed E-state index contributed by atoms with van der Waals surface area (Å²) in [5.41, 5.74) is 2.65. The van der Waals surface area contributed by atoms with E-state index in [1.165, 1.54) is 0 Å². The molecule has 0 amide bonds. The largest absolute Gasteiger partial charge is 0.480 e. The quantitative estimate of drug-likeness (QED) is 0.799. The molecule has 0 unspecified atom stereocenters. The van der Waals surface area contributed by atoms with E-state index in [4.69, 9.17) is 5.11 Å². The summed E-state index contributed by atoms with van der Waals surface area (Å²) in [6, 6.07) is 5.86. The third-order valence-corrected chi connectivity index (χ3v) is 2.97. The summed E-state index contributed by atoms with van der Waals surface area (Å²) in [6.07, 6.45) is 0. The Morgan fingerprint density at radius 3 is 2.37 bits per heavy atom. The number of nitrogens with one attached hydrogen (secondary N) is 1. The fourth-order valence-corrected chi connectivity index (χ4v) is 1.77. The molecule has 1 aromatic carbocycles. The summed E-state index contributed by atoms with van der Waals surface area (Å²) in [5, 5.41) is 11.1. The molecule has 0 heterocycles. The molecule has 19 heavy (non-hydrogen) atoms. The van der Waals surface area contributed by atoms with Crippen molar-refractivity contribution in [1.82, 2.24) is 5.32 Å². The third-order valence-electron chi connectivity index (χ3n) is 2.97. The van der Waals surface area contributed by atoms with Gasteiger partial charge in [0.2, 0.25) is 0 Å². The number of carbonyl (C=O) groups is 2. The number of hydrogen-bond donors (Lipinski definition) is 2. The molecule has 0 spiro atoms. The van der Waals surface area contributed by atoms with Crippen molar-refractivity contribution < 1.29 is 14.7 Å². The molecule has 4 heteroatoms. The lowest BCUT2D eigenvalue weighted by Gasteiger charge is -2.20. The van der Waals surface area contributed by atoms with Crippen LogP contribution in [0.3, 0.4) is 0 Å². The first kappa shape index (κ1) is 15.4. The highest BCUT2D eigenvalue weighted by Gasteiger charge is 2.17. The van der Waals surface area contributed by atoms with E-state index < -0.39 is 5.97 Å². The minimum absolute atomic E-state index is 0.0166. The van der Waals surface area contributed by atoms with Gasteiger partial charge in [-0.2, -0.15) is 0 Å². The Labute approximate surface area is 113 Å². The molecule has 0 aliphatic rings. The molecule has 0 radical (unpaired) electrons. The Hall–Kier alpha value is -1.68. The number of benzene rings is 1. The molecular weight excluding hydrogens is 242 g/mol. The molecule has 0 bridgehead atoms. The van der Waals surface area contributed by atoms with Crippen molar-refractivity contribution in [1.29, 1.82) is 0 Å². The Kier molecular flexibility index (Phi) is 4.84. The average molecular weight is 263 g/mol. The van der Waals surface area contributed by atoms with Gasteiger partial charge in [0.1, 0.15) is 0 Å². The Morgan fingerprint density at radius 2 is 1.84 bits per heavy atom. The number of hydrogen-bond acceptors (Lipinski definition) is 3. The number of Topliss-reactive ketones (excluding diaryl/α,β-unsaturated/α-hetero) is 1. The first-order valence-corrected chi connectivity index (χ1v) is 6.28. The van der Waals surface area contributed by atoms with Crippen LogP contribution in [0.4, 0.5) is 0 Å². The molecular formula is C15H21NO3. The highest BCUT2D eigenvalue weighted by atomic mass is 16.4. The van der Waals surface area contributed by atoms with Gasteiger partial charge in [0, 0.05) is 5.56 Å². The van der Waals surface area contributed by atoms with Crippen LogP contribution in [-0.4, -0.2) is 29.9 Å². The van der Waals surface area contributed by atoms with Crippen molar-refractivity contribution in [2.75, 3.05) is 13.1 Å². The first-order chi connectivity index (χ1) is 8.71. The molecule has 1 rings (SSSR count). The van der Waals surface area contributed by atoms with Crippen LogP contribution >= 0.6 is 0 Å². The molecule has 1 aromatic rings. The summed E-state index contributed by atoms with van der Waals surface area (Å²) >= 11 is 0. The molecule has 0 saturated carbocycles. The van der Waals surface area contributed by atoms with Gasteiger partial charge in [-0.15, -0.1) is 0 Å². The molecule has 0 aliphatic heterocycles. The molecule has 0 atom stereocenters. The highest BCUT2D eigenvalue weighted by Crippen LogP contribution is 2.24. The van der Waals surface area contributed by atoms with Crippen LogP contribution in [0.1, 0.15) is 42.3 Å². The van der Waals surface area contributed by atoms with E-state index in [0.717, 1.165) is 11.1 Å². The molecule has 2 N–H and O–H groups in total. The van der Waals surface area contributed by atoms with Crippen LogP contribution in [0.15, 0.2) is 18.2 Å². The smallest absolute Gasteiger partial charge is 0.317 e. The molecule has 0 fully saturated rings. The summed E-state index contributed by atoms with van der Waals surface area (Å²) < 4.78 is 0. The van der Waals surface area contributed by atoms with Crippen molar-refractivity contribution in [3.05, 3.63) is 34.9 Å². The molecule has 0 saturated heterocycles. The zero-order chi connectivity index (χ0) is 14.6. The van der Waals surface area contributed by atoms with Gasteiger partial charge >= 0.3 is 5.97 Å². The maximum atomic E-state index is 12.1. The number of aliphatic carboxylic acids is 1. The third kappa shape index (κ3) is 4.48. The Balaban J connectivity index is 2.87. The number of ketones is 1. The van der Waals surface area contributed by atoms with E-state index in [1.54, 1.807) is 0 Å². The predicted octanol–water partition coefficient (Wildman–Crippen LogP) is 2.15. The van der Waals surface area contributed by atoms with E-state index in [-0.39, 0.29) is 24.3 Å². The van der Waals surface area contributed by atoms with Crippen molar-refractivity contribution >= 4 is 11.8 Å². The highest BCUT2D eigenvalue weighted by molar-refractivity contribution is 5.99. The summed E-state index contributed by atoms with van der Waals surface area (Å²) in [6.45, 7) is 8.00. The van der Waals surface area contributed by atoms with Gasteiger partial charge in [0.25, 0.3) is 0 Å². The van der Waals surface area contributed by atoms with Gasteiger partial charge in [0.05, 0.1) is 13.1 Å². The van der Waals surface area contributed by atoms with E-state index >= 15 is 0 Å². The number of carboxylic acid groups (broad SMARTS) is 1. The number of rotatable bonds is 5. The van der Waals surface area contributed by atoms with Crippen molar-refractivity contribution in [2.45, 2.75) is 33.1 Å². The maximum Gasteiger partial charge on any atom is 0.317 e. The number of carbonyl (C=O) groups excluding carboxylic acids is 1. The normalized spacial score (nSPS) is 11.4. The Morgan fingerprint density at radius 1 is 1.21 bits per heavy atom. The molecule has 104 valence electrons. The van der Waals surface area contributed by atoms with Crippen LogP contribution in [0.25, 0.3) is 0 Å². The van der Waals surface area contributed by atoms with Crippen LogP contribution in [-0.2, 0) is 10.2 Å². The van der Waals surface area contributed by atoms with Crippen LogP contribution in [0.5, 0.6) is 0 Å². The predicted molar refractivity (Wildman–Crippen MR) is 74.7 cm³/mol. The fraction of sp³-hybridized carbons (Fsp3) is 0.467. The van der Waals surface area contributed by atoms with Crippen molar-refractivity contribution in [3.8, 4) is 0 Å². The average Bonchev–Trinajstić information content (AvgIpc) is 2.27. The fourth-order valence-electron chi connectivity index (χ4n) is 1.77. The summed E-state index contributed by atoms with van der Waals surface area (Å²) in [5.74, 6) is -1.04. The summed E-state index contributed by atoms with van der Waals surface area (Å²) in [7, 11) is 0. The van der Waals surface area contributed by atoms with Gasteiger partial charge in [-0.25, -0.2) is 0 Å². The summed E-state index contributed by atoms with van der Waals surface area (Å²) in [4.78, 5) is 22.5. The van der Waals surface area contributed by atoms with Crippen LogP contribution in [0, 0.1) is 6.92 Å². The van der Waals surface area contributed by atoms with E-state index in [1.807, 2.05) is 25.1 Å². The first-order valence-electron chi connectivity index (χ1n) is 6.28. The SMILES string of the molecule is Cc1ccc(C(C)(C)C)cc1C(=O)CNCC(=O)O. The van der Waals surface area contributed by atoms with Gasteiger partial charge in [0.15, 0.2) is 5.78 Å². The lowest BCUT2D eigenvalue weighted by atomic mass is 9.85.